The molecule has 0 rings (SSSR count). The average molecular weight is 297 g/mol. The molecule has 18 heavy (non-hydrogen) atoms. The summed E-state index contributed by atoms with van der Waals surface area (Å²) in [5.41, 5.74) is -0.591. The van der Waals surface area contributed by atoms with Crippen LogP contribution in [0.4, 0.5) is 0 Å². The predicted octanol–water partition coefficient (Wildman–Crippen LogP) is -0.185. The van der Waals surface area contributed by atoms with Gasteiger partial charge in [0.1, 0.15) is 0 Å². The van der Waals surface area contributed by atoms with Gasteiger partial charge in [0.05, 0.1) is 6.26 Å². The molecule has 0 saturated carbocycles. The van der Waals surface area contributed by atoms with Crippen molar-refractivity contribution in [3.8, 4) is 0 Å². The molecule has 8 heteroatoms. The molecule has 0 aromatic heterocycles. The number of methoxy groups -OCH3 is 1. The van der Waals surface area contributed by atoms with E-state index in [9.17, 15) is 8.42 Å². The van der Waals surface area contributed by atoms with E-state index in [1.54, 1.807) is 21.0 Å². The molecule has 0 atom stereocenters. The molecule has 0 aliphatic carbocycles. The molecule has 0 aromatic carbocycles. The van der Waals surface area contributed by atoms with E-state index in [0.717, 1.165) is 19.2 Å². The normalized spacial score (nSPS) is 12.2. The highest BCUT2D eigenvalue weighted by molar-refractivity contribution is 7.88. The van der Waals surface area contributed by atoms with Crippen molar-refractivity contribution in [2.45, 2.75) is 25.8 Å². The lowest BCUT2D eigenvalue weighted by Gasteiger charge is -2.26. The van der Waals surface area contributed by atoms with E-state index >= 15 is 0 Å². The first-order valence-electron chi connectivity index (χ1n) is 5.66. The number of thiocarbonyl (C=S) groups is 1. The molecule has 0 spiro atoms. The summed E-state index contributed by atoms with van der Waals surface area (Å²) in [7, 11) is -1.58. The van der Waals surface area contributed by atoms with E-state index in [-0.39, 0.29) is 0 Å². The minimum absolute atomic E-state index is 0.413. The van der Waals surface area contributed by atoms with Crippen LogP contribution in [-0.4, -0.2) is 52.1 Å². The van der Waals surface area contributed by atoms with Crippen LogP contribution in [0.1, 0.15) is 20.3 Å². The highest BCUT2D eigenvalue weighted by Crippen LogP contribution is 2.01. The minimum Gasteiger partial charge on any atom is -0.385 e. The van der Waals surface area contributed by atoms with Gasteiger partial charge in [-0.2, -0.15) is 0 Å². The van der Waals surface area contributed by atoms with Gasteiger partial charge in [0, 0.05) is 32.3 Å². The van der Waals surface area contributed by atoms with E-state index in [4.69, 9.17) is 17.0 Å². The predicted molar refractivity (Wildman–Crippen MR) is 77.2 cm³/mol. The third-order valence-corrected chi connectivity index (χ3v) is 3.18. The Morgan fingerprint density at radius 1 is 1.33 bits per heavy atom. The minimum atomic E-state index is -3.22. The lowest BCUT2D eigenvalue weighted by Crippen LogP contribution is -2.52. The van der Waals surface area contributed by atoms with Crippen LogP contribution in [0.5, 0.6) is 0 Å². The zero-order chi connectivity index (χ0) is 14.2. The summed E-state index contributed by atoms with van der Waals surface area (Å²) in [6.45, 7) is 5.38. The number of nitrogens with one attached hydrogen (secondary N) is 3. The van der Waals surface area contributed by atoms with Crippen LogP contribution >= 0.6 is 12.2 Å². The van der Waals surface area contributed by atoms with Crippen molar-refractivity contribution in [2.75, 3.05) is 33.1 Å². The molecule has 0 bridgehead atoms. The van der Waals surface area contributed by atoms with E-state index in [0.29, 0.717) is 18.3 Å². The molecule has 0 radical (unpaired) electrons. The zero-order valence-corrected chi connectivity index (χ0v) is 13.0. The van der Waals surface area contributed by atoms with Crippen LogP contribution in [0.3, 0.4) is 0 Å². The molecule has 0 aliphatic rings. The molecule has 6 nitrogen and oxygen atoms in total. The summed E-state index contributed by atoms with van der Waals surface area (Å²) < 4.78 is 29.7. The molecule has 0 amide bonds. The second-order valence-corrected chi connectivity index (χ2v) is 6.87. The zero-order valence-electron chi connectivity index (χ0n) is 11.4. The molecule has 0 saturated heterocycles. The maximum absolute atomic E-state index is 11.1. The van der Waals surface area contributed by atoms with Gasteiger partial charge in [-0.3, -0.25) is 0 Å². The fourth-order valence-corrected chi connectivity index (χ4v) is 2.57. The lowest BCUT2D eigenvalue weighted by molar-refractivity contribution is 0.195. The van der Waals surface area contributed by atoms with Crippen LogP contribution in [-0.2, 0) is 14.8 Å². The molecule has 0 unspecified atom stereocenters. The van der Waals surface area contributed by atoms with Crippen molar-refractivity contribution in [1.82, 2.24) is 15.4 Å². The van der Waals surface area contributed by atoms with Crippen LogP contribution in [0.15, 0.2) is 0 Å². The van der Waals surface area contributed by atoms with Gasteiger partial charge in [-0.15, -0.1) is 0 Å². The van der Waals surface area contributed by atoms with Crippen molar-refractivity contribution in [3.05, 3.63) is 0 Å². The maximum Gasteiger partial charge on any atom is 0.209 e. The summed E-state index contributed by atoms with van der Waals surface area (Å²) >= 11 is 5.07. The van der Waals surface area contributed by atoms with E-state index in [1.165, 1.54) is 0 Å². The summed E-state index contributed by atoms with van der Waals surface area (Å²) in [4.78, 5) is 0. The lowest BCUT2D eigenvalue weighted by atomic mass is 10.1. The Bertz CT molecular complexity index is 355. The molecule has 3 N–H and O–H groups in total. The number of hydrogen-bond acceptors (Lipinski definition) is 4. The molecule has 108 valence electrons. The Morgan fingerprint density at radius 3 is 2.44 bits per heavy atom. The van der Waals surface area contributed by atoms with Gasteiger partial charge in [-0.05, 0) is 32.5 Å². The van der Waals surface area contributed by atoms with E-state index in [2.05, 4.69) is 15.4 Å². The third-order valence-electron chi connectivity index (χ3n) is 1.96. The SMILES string of the molecule is COCCCNC(=S)NCC(C)(C)NS(C)(=O)=O. The Hall–Kier alpha value is -0.440. The molecule has 0 heterocycles. The van der Waals surface area contributed by atoms with Crippen molar-refractivity contribution in [2.24, 2.45) is 0 Å². The monoisotopic (exact) mass is 297 g/mol. The fraction of sp³-hybridized carbons (Fsp3) is 0.900. The molecular weight excluding hydrogens is 274 g/mol. The number of hydrogen-bond donors (Lipinski definition) is 3. The van der Waals surface area contributed by atoms with Crippen LogP contribution in [0, 0.1) is 0 Å². The van der Waals surface area contributed by atoms with Gasteiger partial charge in [-0.25, -0.2) is 13.1 Å². The number of rotatable bonds is 8. The van der Waals surface area contributed by atoms with Gasteiger partial charge in [-0.1, -0.05) is 0 Å². The summed E-state index contributed by atoms with van der Waals surface area (Å²) in [5, 5.41) is 6.50. The van der Waals surface area contributed by atoms with Crippen molar-refractivity contribution < 1.29 is 13.2 Å². The number of sulfonamides is 1. The first-order chi connectivity index (χ1) is 8.16. The second-order valence-electron chi connectivity index (χ2n) is 4.71. The van der Waals surface area contributed by atoms with Gasteiger partial charge in [0.2, 0.25) is 10.0 Å². The molecular formula is C10H23N3O3S2. The van der Waals surface area contributed by atoms with Gasteiger partial charge >= 0.3 is 0 Å². The first-order valence-corrected chi connectivity index (χ1v) is 7.96. The Balaban J connectivity index is 3.90. The maximum atomic E-state index is 11.1. The van der Waals surface area contributed by atoms with Gasteiger partial charge in [0.15, 0.2) is 5.11 Å². The van der Waals surface area contributed by atoms with Crippen molar-refractivity contribution >= 4 is 27.4 Å². The van der Waals surface area contributed by atoms with Crippen LogP contribution in [0.25, 0.3) is 0 Å². The quantitative estimate of drug-likeness (QED) is 0.426. The Kier molecular flexibility index (Phi) is 7.69. The summed E-state index contributed by atoms with van der Waals surface area (Å²) in [6, 6.07) is 0. The largest absolute Gasteiger partial charge is 0.385 e. The Morgan fingerprint density at radius 2 is 1.94 bits per heavy atom. The summed E-state index contributed by atoms with van der Waals surface area (Å²) in [6.07, 6.45) is 2.00. The van der Waals surface area contributed by atoms with E-state index in [1.807, 2.05) is 0 Å². The van der Waals surface area contributed by atoms with Crippen LogP contribution in [0.2, 0.25) is 0 Å². The van der Waals surface area contributed by atoms with Gasteiger partial charge < -0.3 is 15.4 Å². The smallest absolute Gasteiger partial charge is 0.209 e. The average Bonchev–Trinajstić information content (AvgIpc) is 2.18. The molecule has 0 aliphatic heterocycles. The highest BCUT2D eigenvalue weighted by Gasteiger charge is 2.21. The Labute approximate surface area is 115 Å². The van der Waals surface area contributed by atoms with E-state index < -0.39 is 15.6 Å². The standard InChI is InChI=1S/C10H23N3O3S2/c1-10(2,13-18(4,14)15)8-12-9(17)11-6-5-7-16-3/h13H,5-8H2,1-4H3,(H2,11,12,17). The first kappa shape index (κ1) is 17.6. The summed E-state index contributed by atoms with van der Waals surface area (Å²) in [5.74, 6) is 0. The molecule has 0 fully saturated rings. The van der Waals surface area contributed by atoms with Crippen molar-refractivity contribution in [3.63, 3.8) is 0 Å². The highest BCUT2D eigenvalue weighted by atomic mass is 32.2. The second kappa shape index (κ2) is 7.88. The molecule has 0 aromatic rings. The topological polar surface area (TPSA) is 79.5 Å². The fourth-order valence-electron chi connectivity index (χ4n) is 1.32. The third kappa shape index (κ3) is 10.7. The van der Waals surface area contributed by atoms with Crippen LogP contribution < -0.4 is 15.4 Å². The van der Waals surface area contributed by atoms with Gasteiger partial charge in [0.25, 0.3) is 0 Å². The number of ether oxygens (including phenoxy) is 1. The van der Waals surface area contributed by atoms with Crippen molar-refractivity contribution in [1.29, 1.82) is 0 Å².